The molecule has 2 aromatic rings. The smallest absolute Gasteiger partial charge is 0.352 e. The Morgan fingerprint density at radius 1 is 1.35 bits per heavy atom. The molecule has 0 atom stereocenters. The first-order valence-corrected chi connectivity index (χ1v) is 6.31. The van der Waals surface area contributed by atoms with Gasteiger partial charge in [0.05, 0.1) is 5.02 Å². The Balaban J connectivity index is 2.57. The van der Waals surface area contributed by atoms with E-state index in [1.807, 2.05) is 18.2 Å². The third-order valence-corrected chi connectivity index (χ3v) is 3.53. The fourth-order valence-corrected chi connectivity index (χ4v) is 2.65. The average Bonchev–Trinajstić information content (AvgIpc) is 2.60. The average molecular weight is 362 g/mol. The third kappa shape index (κ3) is 2.32. The zero-order chi connectivity index (χ0) is 12.6. The number of carboxylic acids is 1. The molecule has 17 heavy (non-hydrogen) atoms. The molecule has 1 aromatic heterocycles. The summed E-state index contributed by atoms with van der Waals surface area (Å²) in [6, 6.07) is 9.02. The minimum atomic E-state index is -0.944. The Kier molecular flexibility index (Phi) is 3.44. The van der Waals surface area contributed by atoms with Gasteiger partial charge in [0.1, 0.15) is 5.69 Å². The summed E-state index contributed by atoms with van der Waals surface area (Å²) >= 11 is 8.34. The van der Waals surface area contributed by atoms with Gasteiger partial charge in [-0.2, -0.15) is 0 Å². The Morgan fingerprint density at radius 3 is 2.59 bits per heavy atom. The third-order valence-electron chi connectivity index (χ3n) is 2.55. The SMILES string of the molecule is Cn1c(C(=O)O)ccc1-c1ccc(I)cc1Cl. The number of aromatic carboxylic acids is 1. The number of benzene rings is 1. The van der Waals surface area contributed by atoms with Gasteiger partial charge in [-0.1, -0.05) is 17.7 Å². The van der Waals surface area contributed by atoms with E-state index < -0.39 is 5.97 Å². The van der Waals surface area contributed by atoms with Crippen LogP contribution in [-0.4, -0.2) is 15.6 Å². The van der Waals surface area contributed by atoms with Crippen molar-refractivity contribution in [2.24, 2.45) is 7.05 Å². The maximum absolute atomic E-state index is 11.0. The topological polar surface area (TPSA) is 42.2 Å². The van der Waals surface area contributed by atoms with E-state index >= 15 is 0 Å². The first kappa shape index (κ1) is 12.4. The normalized spacial score (nSPS) is 10.5. The molecule has 0 bridgehead atoms. The van der Waals surface area contributed by atoms with Gasteiger partial charge in [0.25, 0.3) is 0 Å². The monoisotopic (exact) mass is 361 g/mol. The molecule has 1 heterocycles. The van der Waals surface area contributed by atoms with Crippen LogP contribution in [0.25, 0.3) is 11.3 Å². The minimum Gasteiger partial charge on any atom is -0.477 e. The first-order chi connectivity index (χ1) is 8.00. The van der Waals surface area contributed by atoms with E-state index in [1.54, 1.807) is 23.7 Å². The van der Waals surface area contributed by atoms with Crippen LogP contribution in [0.1, 0.15) is 10.5 Å². The Hall–Kier alpha value is -1.01. The number of rotatable bonds is 2. The molecule has 1 N–H and O–H groups in total. The van der Waals surface area contributed by atoms with E-state index in [9.17, 15) is 4.79 Å². The van der Waals surface area contributed by atoms with Crippen molar-refractivity contribution in [1.29, 1.82) is 0 Å². The highest BCUT2D eigenvalue weighted by Gasteiger charge is 2.14. The van der Waals surface area contributed by atoms with Gasteiger partial charge in [-0.25, -0.2) is 4.79 Å². The first-order valence-electron chi connectivity index (χ1n) is 4.85. The fourth-order valence-electron chi connectivity index (χ4n) is 1.69. The zero-order valence-corrected chi connectivity index (χ0v) is 11.9. The van der Waals surface area contributed by atoms with Crippen LogP contribution < -0.4 is 0 Å². The molecule has 5 heteroatoms. The van der Waals surface area contributed by atoms with Crippen molar-refractivity contribution >= 4 is 40.2 Å². The Labute approximate surface area is 117 Å². The van der Waals surface area contributed by atoms with Crippen LogP contribution in [0.2, 0.25) is 5.02 Å². The van der Waals surface area contributed by atoms with E-state index in [0.717, 1.165) is 14.8 Å². The highest BCUT2D eigenvalue weighted by molar-refractivity contribution is 14.1. The zero-order valence-electron chi connectivity index (χ0n) is 8.95. The lowest BCUT2D eigenvalue weighted by atomic mass is 10.1. The van der Waals surface area contributed by atoms with Gasteiger partial charge in [-0.3, -0.25) is 0 Å². The van der Waals surface area contributed by atoms with Gasteiger partial charge in [0.15, 0.2) is 0 Å². The van der Waals surface area contributed by atoms with Crippen molar-refractivity contribution in [3.05, 3.63) is 44.6 Å². The molecule has 0 amide bonds. The van der Waals surface area contributed by atoms with Gasteiger partial charge in [-0.15, -0.1) is 0 Å². The molecule has 1 aromatic carbocycles. The lowest BCUT2D eigenvalue weighted by Gasteiger charge is -2.07. The summed E-state index contributed by atoms with van der Waals surface area (Å²) < 4.78 is 2.67. The van der Waals surface area contributed by atoms with Crippen LogP contribution >= 0.6 is 34.2 Å². The molecule has 88 valence electrons. The second-order valence-electron chi connectivity index (χ2n) is 3.59. The van der Waals surface area contributed by atoms with Gasteiger partial charge in [0, 0.05) is 21.9 Å². The molecular weight excluding hydrogens is 352 g/mol. The molecule has 0 unspecified atom stereocenters. The predicted molar refractivity (Wildman–Crippen MR) is 75.5 cm³/mol. The van der Waals surface area contributed by atoms with Crippen molar-refractivity contribution < 1.29 is 9.90 Å². The lowest BCUT2D eigenvalue weighted by molar-refractivity contribution is 0.0687. The largest absolute Gasteiger partial charge is 0.477 e. The van der Waals surface area contributed by atoms with Crippen molar-refractivity contribution in [1.82, 2.24) is 4.57 Å². The van der Waals surface area contributed by atoms with Crippen LogP contribution in [-0.2, 0) is 7.05 Å². The molecule has 0 aliphatic carbocycles. The quantitative estimate of drug-likeness (QED) is 0.830. The molecule has 3 nitrogen and oxygen atoms in total. The maximum atomic E-state index is 11.0. The fraction of sp³-hybridized carbons (Fsp3) is 0.0833. The standard InChI is InChI=1S/C12H9ClINO2/c1-15-10(4-5-11(15)12(16)17)8-3-2-7(14)6-9(8)13/h2-6H,1H3,(H,16,17). The van der Waals surface area contributed by atoms with Crippen LogP contribution in [0.15, 0.2) is 30.3 Å². The number of nitrogens with zero attached hydrogens (tertiary/aromatic N) is 1. The summed E-state index contributed by atoms with van der Waals surface area (Å²) in [6.07, 6.45) is 0. The summed E-state index contributed by atoms with van der Waals surface area (Å²) in [4.78, 5) is 11.0. The highest BCUT2D eigenvalue weighted by atomic mass is 127. The van der Waals surface area contributed by atoms with E-state index in [2.05, 4.69) is 22.6 Å². The highest BCUT2D eigenvalue weighted by Crippen LogP contribution is 2.30. The summed E-state index contributed by atoms with van der Waals surface area (Å²) in [7, 11) is 1.72. The number of carboxylic acid groups (broad SMARTS) is 1. The van der Waals surface area contributed by atoms with Crippen molar-refractivity contribution in [2.75, 3.05) is 0 Å². The summed E-state index contributed by atoms with van der Waals surface area (Å²) in [5.74, 6) is -0.944. The molecule has 0 spiro atoms. The van der Waals surface area contributed by atoms with Gasteiger partial charge >= 0.3 is 5.97 Å². The number of aromatic nitrogens is 1. The Morgan fingerprint density at radius 2 is 2.06 bits per heavy atom. The Bertz CT molecular complexity index is 592. The van der Waals surface area contributed by atoms with Crippen LogP contribution in [0.5, 0.6) is 0 Å². The maximum Gasteiger partial charge on any atom is 0.352 e. The second-order valence-corrected chi connectivity index (χ2v) is 5.24. The van der Waals surface area contributed by atoms with Crippen LogP contribution in [0, 0.1) is 3.57 Å². The van der Waals surface area contributed by atoms with Crippen LogP contribution in [0.4, 0.5) is 0 Å². The van der Waals surface area contributed by atoms with Crippen LogP contribution in [0.3, 0.4) is 0 Å². The molecule has 0 radical (unpaired) electrons. The second kappa shape index (κ2) is 4.70. The minimum absolute atomic E-state index is 0.245. The van der Waals surface area contributed by atoms with E-state index in [4.69, 9.17) is 16.7 Å². The van der Waals surface area contributed by atoms with E-state index in [1.165, 1.54) is 0 Å². The van der Waals surface area contributed by atoms with E-state index in [-0.39, 0.29) is 5.69 Å². The molecule has 2 rings (SSSR count). The van der Waals surface area contributed by atoms with Crippen molar-refractivity contribution in [3.8, 4) is 11.3 Å². The molecular formula is C12H9ClINO2. The molecule has 0 aliphatic heterocycles. The molecule has 0 saturated heterocycles. The summed E-state index contributed by atoms with van der Waals surface area (Å²) in [5, 5.41) is 9.60. The summed E-state index contributed by atoms with van der Waals surface area (Å²) in [6.45, 7) is 0. The molecule has 0 aliphatic rings. The number of halogens is 2. The molecule has 0 fully saturated rings. The molecule has 0 saturated carbocycles. The number of hydrogen-bond donors (Lipinski definition) is 1. The van der Waals surface area contributed by atoms with Gasteiger partial charge in [0.2, 0.25) is 0 Å². The lowest BCUT2D eigenvalue weighted by Crippen LogP contribution is -2.05. The van der Waals surface area contributed by atoms with E-state index in [0.29, 0.717) is 5.02 Å². The summed E-state index contributed by atoms with van der Waals surface area (Å²) in [5.41, 5.74) is 1.88. The predicted octanol–water partition coefficient (Wildman–Crippen LogP) is 3.65. The van der Waals surface area contributed by atoms with Crippen molar-refractivity contribution in [3.63, 3.8) is 0 Å². The van der Waals surface area contributed by atoms with Gasteiger partial charge < -0.3 is 9.67 Å². The number of carbonyl (C=O) groups is 1. The van der Waals surface area contributed by atoms with Gasteiger partial charge in [-0.05, 0) is 46.9 Å². The number of hydrogen-bond acceptors (Lipinski definition) is 1. The van der Waals surface area contributed by atoms with Crippen molar-refractivity contribution in [2.45, 2.75) is 0 Å².